The van der Waals surface area contributed by atoms with Crippen molar-refractivity contribution in [3.8, 4) is 11.5 Å². The number of phenolic OH excluding ortho intramolecular Hbond substituents is 2. The monoisotopic (exact) mass is 328 g/mol. The number of hydrogen-bond acceptors (Lipinski definition) is 4. The van der Waals surface area contributed by atoms with E-state index >= 15 is 0 Å². The third-order valence-electron chi connectivity index (χ3n) is 5.07. The third-order valence-corrected chi connectivity index (χ3v) is 5.07. The van der Waals surface area contributed by atoms with Gasteiger partial charge in [-0.1, -0.05) is 44.4 Å². The number of fused-ring (bicyclic) bond motifs is 2. The highest BCUT2D eigenvalue weighted by Gasteiger charge is 2.35. The van der Waals surface area contributed by atoms with E-state index in [0.29, 0.717) is 24.6 Å². The first kappa shape index (κ1) is 16.8. The molecule has 4 nitrogen and oxygen atoms in total. The molecule has 4 heteroatoms. The minimum atomic E-state index is -0.670. The molecule has 2 atom stereocenters. The van der Waals surface area contributed by atoms with Gasteiger partial charge in [-0.25, -0.2) is 0 Å². The zero-order chi connectivity index (χ0) is 17.3. The average Bonchev–Trinajstić information content (AvgIpc) is 2.55. The summed E-state index contributed by atoms with van der Waals surface area (Å²) in [6.45, 7) is 2.10. The van der Waals surface area contributed by atoms with Crippen molar-refractivity contribution in [1.29, 1.82) is 0 Å². The molecule has 0 saturated heterocycles. The second-order valence-electron chi connectivity index (χ2n) is 6.71. The van der Waals surface area contributed by atoms with Crippen LogP contribution in [0.15, 0.2) is 24.3 Å². The number of aliphatic hydroxyl groups excluding tert-OH is 1. The van der Waals surface area contributed by atoms with E-state index in [1.165, 1.54) is 6.07 Å². The van der Waals surface area contributed by atoms with Gasteiger partial charge in [0.1, 0.15) is 11.5 Å². The van der Waals surface area contributed by atoms with E-state index < -0.39 is 12.0 Å². The summed E-state index contributed by atoms with van der Waals surface area (Å²) in [7, 11) is 0. The largest absolute Gasteiger partial charge is 0.507 e. The van der Waals surface area contributed by atoms with Crippen LogP contribution < -0.4 is 0 Å². The van der Waals surface area contributed by atoms with Crippen molar-refractivity contribution in [2.75, 3.05) is 0 Å². The van der Waals surface area contributed by atoms with Gasteiger partial charge >= 0.3 is 0 Å². The molecule has 24 heavy (non-hydrogen) atoms. The van der Waals surface area contributed by atoms with E-state index in [1.54, 1.807) is 6.07 Å². The summed E-state index contributed by atoms with van der Waals surface area (Å²) in [6, 6.07) is 6.89. The fraction of sp³-hybridized carbons (Fsp3) is 0.450. The maximum atomic E-state index is 12.9. The van der Waals surface area contributed by atoms with Gasteiger partial charge in [0.25, 0.3) is 0 Å². The number of aromatic hydroxyl groups is 2. The summed E-state index contributed by atoms with van der Waals surface area (Å²) in [5.41, 5.74) is 1.07. The van der Waals surface area contributed by atoms with Crippen molar-refractivity contribution in [2.24, 2.45) is 5.92 Å². The van der Waals surface area contributed by atoms with Crippen molar-refractivity contribution in [3.05, 3.63) is 35.4 Å². The van der Waals surface area contributed by atoms with Crippen molar-refractivity contribution in [3.63, 3.8) is 0 Å². The first-order chi connectivity index (χ1) is 11.5. The van der Waals surface area contributed by atoms with Gasteiger partial charge in [0.15, 0.2) is 5.78 Å². The zero-order valence-electron chi connectivity index (χ0n) is 14.0. The van der Waals surface area contributed by atoms with Crippen LogP contribution in [0.1, 0.15) is 54.9 Å². The molecule has 0 aliphatic heterocycles. The topological polar surface area (TPSA) is 77.8 Å². The Labute approximate surface area is 141 Å². The van der Waals surface area contributed by atoms with Crippen LogP contribution in [0.3, 0.4) is 0 Å². The lowest BCUT2D eigenvalue weighted by Crippen LogP contribution is -2.32. The van der Waals surface area contributed by atoms with Crippen molar-refractivity contribution >= 4 is 16.6 Å². The number of aliphatic hydroxyl groups is 1. The van der Waals surface area contributed by atoms with E-state index in [1.807, 2.05) is 12.1 Å². The quantitative estimate of drug-likeness (QED) is 0.727. The standard InChI is InChI=1S/C20H24O4/c1-2-3-4-7-15(21)14-10-9-13-11-12-6-5-8-16(22)17(12)20(24)18(13)19(14)23/h5-6,8,11,14-15,21-22,24H,2-4,7,9-10H2,1H3/t14-,15?/m1/s1. The average molecular weight is 328 g/mol. The molecule has 3 N–H and O–H groups in total. The lowest BCUT2D eigenvalue weighted by molar-refractivity contribution is 0.0602. The highest BCUT2D eigenvalue weighted by Crippen LogP contribution is 2.42. The second kappa shape index (κ2) is 6.81. The number of carbonyl (C=O) groups is 1. The predicted octanol–water partition coefficient (Wildman–Crippen LogP) is 3.94. The number of ketones is 1. The Morgan fingerprint density at radius 3 is 2.79 bits per heavy atom. The summed E-state index contributed by atoms with van der Waals surface area (Å²) in [5, 5.41) is 32.1. The molecule has 2 aromatic carbocycles. The molecule has 0 bridgehead atoms. The summed E-state index contributed by atoms with van der Waals surface area (Å²) < 4.78 is 0. The van der Waals surface area contributed by atoms with Crippen molar-refractivity contribution in [1.82, 2.24) is 0 Å². The van der Waals surface area contributed by atoms with Crippen LogP contribution in [-0.4, -0.2) is 27.2 Å². The van der Waals surface area contributed by atoms with E-state index in [0.717, 1.165) is 30.2 Å². The fourth-order valence-electron chi connectivity index (χ4n) is 3.74. The number of phenols is 2. The Morgan fingerprint density at radius 2 is 2.04 bits per heavy atom. The molecular formula is C20H24O4. The van der Waals surface area contributed by atoms with Gasteiger partial charge in [0.2, 0.25) is 0 Å². The molecule has 0 fully saturated rings. The van der Waals surface area contributed by atoms with Crippen LogP contribution in [-0.2, 0) is 6.42 Å². The number of unbranched alkanes of at least 4 members (excludes halogenated alkanes) is 2. The third kappa shape index (κ3) is 2.86. The van der Waals surface area contributed by atoms with Gasteiger partial charge in [0, 0.05) is 5.92 Å². The predicted molar refractivity (Wildman–Crippen MR) is 93.6 cm³/mol. The van der Waals surface area contributed by atoms with Crippen LogP contribution >= 0.6 is 0 Å². The number of Topliss-reactive ketones (excluding diaryl/α,β-unsaturated/α-hetero) is 1. The molecule has 0 heterocycles. The van der Waals surface area contributed by atoms with Crippen LogP contribution in [0.5, 0.6) is 11.5 Å². The van der Waals surface area contributed by atoms with E-state index in [9.17, 15) is 20.1 Å². The van der Waals surface area contributed by atoms with Gasteiger partial charge in [-0.15, -0.1) is 0 Å². The number of carbonyl (C=O) groups excluding carboxylic acids is 1. The molecule has 0 saturated carbocycles. The zero-order valence-corrected chi connectivity index (χ0v) is 14.0. The first-order valence-electron chi connectivity index (χ1n) is 8.73. The Kier molecular flexibility index (Phi) is 4.76. The molecule has 0 radical (unpaired) electrons. The van der Waals surface area contributed by atoms with E-state index in [2.05, 4.69) is 6.92 Å². The maximum Gasteiger partial charge on any atom is 0.172 e. The molecule has 0 spiro atoms. The van der Waals surface area contributed by atoms with Crippen LogP contribution in [0, 0.1) is 5.92 Å². The maximum absolute atomic E-state index is 12.9. The van der Waals surface area contributed by atoms with Gasteiger partial charge in [0.05, 0.1) is 17.1 Å². The molecule has 1 aliphatic carbocycles. The molecule has 128 valence electrons. The van der Waals surface area contributed by atoms with Crippen molar-refractivity contribution < 1.29 is 20.1 Å². The van der Waals surface area contributed by atoms with Gasteiger partial charge in [-0.2, -0.15) is 0 Å². The molecule has 0 amide bonds. The number of benzene rings is 2. The SMILES string of the molecule is CCCCCC(O)[C@H]1CCc2cc3cccc(O)c3c(O)c2C1=O. The summed E-state index contributed by atoms with van der Waals surface area (Å²) in [6.07, 6.45) is 4.20. The Bertz CT molecular complexity index is 766. The van der Waals surface area contributed by atoms with Crippen LogP contribution in [0.25, 0.3) is 10.8 Å². The van der Waals surface area contributed by atoms with Gasteiger partial charge in [-0.3, -0.25) is 4.79 Å². The summed E-state index contributed by atoms with van der Waals surface area (Å²) in [5.74, 6) is -0.867. The summed E-state index contributed by atoms with van der Waals surface area (Å²) >= 11 is 0. The van der Waals surface area contributed by atoms with E-state index in [4.69, 9.17) is 0 Å². The van der Waals surface area contributed by atoms with Crippen molar-refractivity contribution in [2.45, 2.75) is 51.6 Å². The van der Waals surface area contributed by atoms with Gasteiger partial charge in [-0.05, 0) is 36.3 Å². The summed E-state index contributed by atoms with van der Waals surface area (Å²) in [4.78, 5) is 12.9. The smallest absolute Gasteiger partial charge is 0.172 e. The Hall–Kier alpha value is -2.07. The molecule has 2 aromatic rings. The fourth-order valence-corrected chi connectivity index (χ4v) is 3.74. The highest BCUT2D eigenvalue weighted by atomic mass is 16.3. The molecular weight excluding hydrogens is 304 g/mol. The first-order valence-corrected chi connectivity index (χ1v) is 8.73. The Balaban J connectivity index is 1.96. The second-order valence-corrected chi connectivity index (χ2v) is 6.71. The normalized spacial score (nSPS) is 18.6. The molecule has 1 unspecified atom stereocenters. The Morgan fingerprint density at radius 1 is 1.25 bits per heavy atom. The molecule has 3 rings (SSSR count). The van der Waals surface area contributed by atoms with Gasteiger partial charge < -0.3 is 15.3 Å². The minimum absolute atomic E-state index is 0.0359. The molecule has 0 aromatic heterocycles. The number of hydrogen-bond donors (Lipinski definition) is 3. The van der Waals surface area contributed by atoms with Crippen LogP contribution in [0.2, 0.25) is 0 Å². The highest BCUT2D eigenvalue weighted by molar-refractivity contribution is 6.09. The number of rotatable bonds is 5. The molecule has 1 aliphatic rings. The lowest BCUT2D eigenvalue weighted by atomic mass is 9.77. The van der Waals surface area contributed by atoms with E-state index in [-0.39, 0.29) is 22.8 Å². The van der Waals surface area contributed by atoms with Crippen LogP contribution in [0.4, 0.5) is 0 Å². The minimum Gasteiger partial charge on any atom is -0.507 e. The lowest BCUT2D eigenvalue weighted by Gasteiger charge is -2.28. The number of aryl methyl sites for hydroxylation is 1.